The minimum absolute atomic E-state index is 0.187. The number of nitrogens with two attached hydrogens (primary N) is 1. The molecule has 1 aromatic rings. The van der Waals surface area contributed by atoms with Gasteiger partial charge in [0, 0.05) is 29.7 Å². The highest BCUT2D eigenvalue weighted by Crippen LogP contribution is 2.37. The summed E-state index contributed by atoms with van der Waals surface area (Å²) in [6.45, 7) is 2.83. The highest BCUT2D eigenvalue weighted by atomic mass is 15.0. The van der Waals surface area contributed by atoms with E-state index in [1.165, 1.54) is 12.8 Å². The van der Waals surface area contributed by atoms with Gasteiger partial charge in [-0.1, -0.05) is 6.92 Å². The minimum atomic E-state index is 0.187. The second-order valence-corrected chi connectivity index (χ2v) is 4.00. The van der Waals surface area contributed by atoms with Crippen molar-refractivity contribution in [1.82, 2.24) is 4.98 Å². The fourth-order valence-electron chi connectivity index (χ4n) is 1.59. The number of aryl methyl sites for hydroxylation is 1. The molecule has 1 aliphatic carbocycles. The van der Waals surface area contributed by atoms with Crippen molar-refractivity contribution in [2.24, 2.45) is 5.73 Å². The number of rotatable bonds is 4. The molecule has 0 radical (unpaired) electrons. The van der Waals surface area contributed by atoms with E-state index in [0.29, 0.717) is 0 Å². The molecule has 3 N–H and O–H groups in total. The summed E-state index contributed by atoms with van der Waals surface area (Å²) >= 11 is 0. The number of aromatic nitrogens is 1. The Hall–Kier alpha value is -1.09. The Balaban J connectivity index is 2.09. The lowest BCUT2D eigenvalue weighted by Crippen LogP contribution is -2.30. The lowest BCUT2D eigenvalue weighted by atomic mass is 10.2. The zero-order valence-corrected chi connectivity index (χ0v) is 8.59. The molecule has 3 heteroatoms. The van der Waals surface area contributed by atoms with Crippen LogP contribution in [0.25, 0.3) is 0 Å². The van der Waals surface area contributed by atoms with Gasteiger partial charge in [-0.3, -0.25) is 4.98 Å². The third-order valence-electron chi connectivity index (χ3n) is 2.83. The molecule has 0 unspecified atom stereocenters. The Morgan fingerprint density at radius 3 is 2.93 bits per heavy atom. The fraction of sp³-hybridized carbons (Fsp3) is 0.545. The SMILES string of the molecule is CCc1cc(NC2(CN)CC2)ccn1. The van der Waals surface area contributed by atoms with Gasteiger partial charge in [0.1, 0.15) is 0 Å². The molecule has 0 aromatic carbocycles. The number of nitrogens with one attached hydrogen (secondary N) is 1. The summed E-state index contributed by atoms with van der Waals surface area (Å²) in [6, 6.07) is 4.12. The average molecular weight is 191 g/mol. The predicted octanol–water partition coefficient (Wildman–Crippen LogP) is 1.55. The zero-order chi connectivity index (χ0) is 10.0. The van der Waals surface area contributed by atoms with E-state index in [9.17, 15) is 0 Å². The summed E-state index contributed by atoms with van der Waals surface area (Å²) < 4.78 is 0. The van der Waals surface area contributed by atoms with Crippen LogP contribution in [0.2, 0.25) is 0 Å². The van der Waals surface area contributed by atoms with Gasteiger partial charge < -0.3 is 11.1 Å². The molecule has 0 saturated heterocycles. The molecule has 14 heavy (non-hydrogen) atoms. The van der Waals surface area contributed by atoms with Crippen molar-refractivity contribution < 1.29 is 0 Å². The maximum atomic E-state index is 5.71. The maximum Gasteiger partial charge on any atom is 0.0497 e. The van der Waals surface area contributed by atoms with Crippen LogP contribution in [0.5, 0.6) is 0 Å². The molecule has 1 aliphatic rings. The van der Waals surface area contributed by atoms with Crippen molar-refractivity contribution in [2.45, 2.75) is 31.7 Å². The molecular formula is C11H17N3. The van der Waals surface area contributed by atoms with Crippen LogP contribution in [0.1, 0.15) is 25.5 Å². The molecule has 0 spiro atoms. The van der Waals surface area contributed by atoms with Crippen LogP contribution >= 0.6 is 0 Å². The van der Waals surface area contributed by atoms with Crippen LogP contribution < -0.4 is 11.1 Å². The van der Waals surface area contributed by atoms with E-state index in [1.807, 2.05) is 12.3 Å². The Kier molecular flexibility index (Phi) is 2.42. The summed E-state index contributed by atoms with van der Waals surface area (Å²) in [4.78, 5) is 4.26. The van der Waals surface area contributed by atoms with E-state index < -0.39 is 0 Å². The Morgan fingerprint density at radius 1 is 1.57 bits per heavy atom. The Labute approximate surface area is 84.7 Å². The van der Waals surface area contributed by atoms with Crippen molar-refractivity contribution in [1.29, 1.82) is 0 Å². The number of anilines is 1. The van der Waals surface area contributed by atoms with Crippen LogP contribution in [0.3, 0.4) is 0 Å². The fourth-order valence-corrected chi connectivity index (χ4v) is 1.59. The van der Waals surface area contributed by atoms with E-state index in [4.69, 9.17) is 5.73 Å². The highest BCUT2D eigenvalue weighted by Gasteiger charge is 2.41. The summed E-state index contributed by atoms with van der Waals surface area (Å²) in [7, 11) is 0. The summed E-state index contributed by atoms with van der Waals surface area (Å²) in [5.41, 5.74) is 8.18. The third kappa shape index (κ3) is 1.87. The molecule has 0 atom stereocenters. The third-order valence-corrected chi connectivity index (χ3v) is 2.83. The van der Waals surface area contributed by atoms with Gasteiger partial charge in [0.05, 0.1) is 0 Å². The maximum absolute atomic E-state index is 5.71. The van der Waals surface area contributed by atoms with Crippen LogP contribution in [0, 0.1) is 0 Å². The lowest BCUT2D eigenvalue weighted by molar-refractivity contribution is 0.741. The molecule has 76 valence electrons. The van der Waals surface area contributed by atoms with Crippen LogP contribution in [-0.2, 0) is 6.42 Å². The largest absolute Gasteiger partial charge is 0.378 e. The van der Waals surface area contributed by atoms with E-state index in [2.05, 4.69) is 23.3 Å². The Morgan fingerprint density at radius 2 is 2.36 bits per heavy atom. The van der Waals surface area contributed by atoms with Gasteiger partial charge in [0.15, 0.2) is 0 Å². The highest BCUT2D eigenvalue weighted by molar-refractivity contribution is 5.47. The first-order valence-corrected chi connectivity index (χ1v) is 5.21. The molecule has 0 amide bonds. The van der Waals surface area contributed by atoms with Crippen LogP contribution in [0.4, 0.5) is 5.69 Å². The molecule has 3 nitrogen and oxygen atoms in total. The van der Waals surface area contributed by atoms with E-state index in [0.717, 1.165) is 24.3 Å². The molecule has 2 rings (SSSR count). The molecule has 1 fully saturated rings. The van der Waals surface area contributed by atoms with Crippen molar-refractivity contribution in [2.75, 3.05) is 11.9 Å². The standard InChI is InChI=1S/C11H17N3/c1-2-9-7-10(3-6-13-9)14-11(8-12)4-5-11/h3,6-7H,2,4-5,8,12H2,1H3,(H,13,14). The van der Waals surface area contributed by atoms with Gasteiger partial charge in [-0.2, -0.15) is 0 Å². The van der Waals surface area contributed by atoms with Gasteiger partial charge in [-0.25, -0.2) is 0 Å². The smallest absolute Gasteiger partial charge is 0.0497 e. The van der Waals surface area contributed by atoms with Gasteiger partial charge >= 0.3 is 0 Å². The van der Waals surface area contributed by atoms with Gasteiger partial charge in [-0.15, -0.1) is 0 Å². The normalized spacial score (nSPS) is 17.9. The summed E-state index contributed by atoms with van der Waals surface area (Å²) in [6.07, 6.45) is 5.21. The zero-order valence-electron chi connectivity index (χ0n) is 8.59. The number of nitrogens with zero attached hydrogens (tertiary/aromatic N) is 1. The number of hydrogen-bond acceptors (Lipinski definition) is 3. The molecule has 1 heterocycles. The first kappa shape index (κ1) is 9.46. The van der Waals surface area contributed by atoms with Crippen LogP contribution in [-0.4, -0.2) is 17.1 Å². The minimum Gasteiger partial charge on any atom is -0.378 e. The van der Waals surface area contributed by atoms with E-state index >= 15 is 0 Å². The monoisotopic (exact) mass is 191 g/mol. The summed E-state index contributed by atoms with van der Waals surface area (Å²) in [5.74, 6) is 0. The van der Waals surface area contributed by atoms with E-state index in [-0.39, 0.29) is 5.54 Å². The second kappa shape index (κ2) is 3.58. The Bertz CT molecular complexity index is 318. The quantitative estimate of drug-likeness (QED) is 0.759. The van der Waals surface area contributed by atoms with Gasteiger partial charge in [-0.05, 0) is 31.4 Å². The predicted molar refractivity (Wildman–Crippen MR) is 58.3 cm³/mol. The van der Waals surface area contributed by atoms with Crippen molar-refractivity contribution in [3.05, 3.63) is 24.0 Å². The molecular weight excluding hydrogens is 174 g/mol. The molecule has 0 bridgehead atoms. The van der Waals surface area contributed by atoms with Crippen molar-refractivity contribution >= 4 is 5.69 Å². The summed E-state index contributed by atoms with van der Waals surface area (Å²) in [5, 5.41) is 3.49. The molecule has 1 aromatic heterocycles. The van der Waals surface area contributed by atoms with Crippen molar-refractivity contribution in [3.63, 3.8) is 0 Å². The van der Waals surface area contributed by atoms with E-state index in [1.54, 1.807) is 0 Å². The first-order valence-electron chi connectivity index (χ1n) is 5.21. The number of hydrogen-bond donors (Lipinski definition) is 2. The molecule has 1 saturated carbocycles. The second-order valence-electron chi connectivity index (χ2n) is 4.00. The van der Waals surface area contributed by atoms with Crippen LogP contribution in [0.15, 0.2) is 18.3 Å². The lowest BCUT2D eigenvalue weighted by Gasteiger charge is -2.16. The number of pyridine rings is 1. The first-order chi connectivity index (χ1) is 6.78. The average Bonchev–Trinajstić information content (AvgIpc) is 2.99. The van der Waals surface area contributed by atoms with Crippen molar-refractivity contribution in [3.8, 4) is 0 Å². The molecule has 0 aliphatic heterocycles. The van der Waals surface area contributed by atoms with Gasteiger partial charge in [0.2, 0.25) is 0 Å². The topological polar surface area (TPSA) is 50.9 Å². The van der Waals surface area contributed by atoms with Gasteiger partial charge in [0.25, 0.3) is 0 Å².